The number of rotatable bonds is 10. The van der Waals surface area contributed by atoms with Crippen LogP contribution in [0.15, 0.2) is 83.8 Å². The Labute approximate surface area is 229 Å². The van der Waals surface area contributed by atoms with Gasteiger partial charge in [-0.15, -0.1) is 0 Å². The quantitative estimate of drug-likeness (QED) is 0.401. The maximum absolute atomic E-state index is 14.6. The highest BCUT2D eigenvalue weighted by Gasteiger charge is 2.34. The Morgan fingerprint density at radius 3 is 2.15 bits per heavy atom. The van der Waals surface area contributed by atoms with Crippen LogP contribution in [0.5, 0.6) is 5.75 Å². The number of hydrogen-bond acceptors (Lipinski definition) is 5. The Balaban J connectivity index is 2.08. The standard InChI is InChI=1S/C29H34FN3O5S/c1-21(28(35)31-29(2,3)4)32(19-22-13-9-10-16-24(22)30)27(34)20-33(25-17-11-12-18-26(25)38-5)39(36,37)23-14-7-6-8-15-23/h6-18,21H,19-20H2,1-5H3,(H,31,35). The number of methoxy groups -OCH3 is 1. The molecule has 2 amide bonds. The molecule has 8 nitrogen and oxygen atoms in total. The van der Waals surface area contributed by atoms with Gasteiger partial charge in [-0.05, 0) is 58.0 Å². The molecule has 208 valence electrons. The lowest BCUT2D eigenvalue weighted by molar-refractivity contribution is -0.140. The van der Waals surface area contributed by atoms with Gasteiger partial charge in [0, 0.05) is 17.6 Å². The Hall–Kier alpha value is -3.92. The fraction of sp³-hybridized carbons (Fsp3) is 0.310. The van der Waals surface area contributed by atoms with Gasteiger partial charge in [0.1, 0.15) is 24.2 Å². The van der Waals surface area contributed by atoms with E-state index in [1.807, 2.05) is 0 Å². The Morgan fingerprint density at radius 1 is 0.949 bits per heavy atom. The van der Waals surface area contributed by atoms with Crippen molar-refractivity contribution in [2.24, 2.45) is 0 Å². The van der Waals surface area contributed by atoms with Crippen LogP contribution in [0.2, 0.25) is 0 Å². The number of nitrogens with one attached hydrogen (secondary N) is 1. The molecule has 0 aliphatic carbocycles. The van der Waals surface area contributed by atoms with E-state index in [1.165, 1.54) is 55.3 Å². The van der Waals surface area contributed by atoms with E-state index in [-0.39, 0.29) is 28.4 Å². The number of ether oxygens (including phenoxy) is 1. The second-order valence-corrected chi connectivity index (χ2v) is 11.9. The lowest BCUT2D eigenvalue weighted by Gasteiger charge is -2.33. The molecule has 1 N–H and O–H groups in total. The molecule has 1 atom stereocenters. The van der Waals surface area contributed by atoms with Crippen LogP contribution in [0.1, 0.15) is 33.3 Å². The van der Waals surface area contributed by atoms with Crippen LogP contribution in [0, 0.1) is 5.82 Å². The molecule has 0 bridgehead atoms. The minimum absolute atomic E-state index is 0.0251. The van der Waals surface area contributed by atoms with Crippen LogP contribution < -0.4 is 14.4 Å². The third kappa shape index (κ3) is 7.35. The average Bonchev–Trinajstić information content (AvgIpc) is 2.90. The van der Waals surface area contributed by atoms with Crippen LogP contribution in [-0.2, 0) is 26.2 Å². The van der Waals surface area contributed by atoms with E-state index < -0.39 is 45.8 Å². The van der Waals surface area contributed by atoms with Crippen molar-refractivity contribution in [3.05, 3.63) is 90.2 Å². The predicted molar refractivity (Wildman–Crippen MR) is 148 cm³/mol. The Kier molecular flexibility index (Phi) is 9.34. The number of hydrogen-bond donors (Lipinski definition) is 1. The number of carbonyl (C=O) groups is 2. The predicted octanol–water partition coefficient (Wildman–Crippen LogP) is 4.36. The fourth-order valence-corrected chi connectivity index (χ4v) is 5.38. The summed E-state index contributed by atoms with van der Waals surface area (Å²) < 4.78 is 48.6. The largest absolute Gasteiger partial charge is 0.495 e. The first kappa shape index (κ1) is 29.6. The van der Waals surface area contributed by atoms with Crippen molar-refractivity contribution in [1.29, 1.82) is 0 Å². The summed E-state index contributed by atoms with van der Waals surface area (Å²) in [4.78, 5) is 28.2. The molecule has 0 aliphatic rings. The second-order valence-electron chi connectivity index (χ2n) is 10.0. The summed E-state index contributed by atoms with van der Waals surface area (Å²) in [5.74, 6) is -1.46. The van der Waals surface area contributed by atoms with Crippen LogP contribution in [0.4, 0.5) is 10.1 Å². The first-order valence-corrected chi connectivity index (χ1v) is 13.8. The van der Waals surface area contributed by atoms with Gasteiger partial charge in [-0.25, -0.2) is 12.8 Å². The number of halogens is 1. The van der Waals surface area contributed by atoms with Crippen molar-refractivity contribution in [3.63, 3.8) is 0 Å². The average molecular weight is 556 g/mol. The second kappa shape index (κ2) is 12.3. The summed E-state index contributed by atoms with van der Waals surface area (Å²) in [5.41, 5.74) is -0.246. The summed E-state index contributed by atoms with van der Waals surface area (Å²) in [6.45, 7) is 6.04. The minimum atomic E-state index is -4.24. The molecule has 1 unspecified atom stereocenters. The molecule has 0 radical (unpaired) electrons. The van der Waals surface area contributed by atoms with Gasteiger partial charge in [0.2, 0.25) is 11.8 Å². The van der Waals surface area contributed by atoms with Gasteiger partial charge in [-0.3, -0.25) is 13.9 Å². The third-order valence-electron chi connectivity index (χ3n) is 5.93. The first-order chi connectivity index (χ1) is 18.3. The minimum Gasteiger partial charge on any atom is -0.495 e. The van der Waals surface area contributed by atoms with E-state index >= 15 is 0 Å². The molecular formula is C29H34FN3O5S. The van der Waals surface area contributed by atoms with E-state index in [9.17, 15) is 22.4 Å². The molecule has 0 aliphatic heterocycles. The van der Waals surface area contributed by atoms with Crippen molar-refractivity contribution in [3.8, 4) is 5.75 Å². The molecule has 3 rings (SSSR count). The molecule has 39 heavy (non-hydrogen) atoms. The molecule has 0 spiro atoms. The zero-order chi connectivity index (χ0) is 28.8. The highest BCUT2D eigenvalue weighted by molar-refractivity contribution is 7.92. The molecular weight excluding hydrogens is 521 g/mol. The number of anilines is 1. The fourth-order valence-electron chi connectivity index (χ4n) is 3.94. The first-order valence-electron chi connectivity index (χ1n) is 12.4. The molecule has 0 heterocycles. The number of sulfonamides is 1. The van der Waals surface area contributed by atoms with Crippen molar-refractivity contribution < 1.29 is 27.1 Å². The number of nitrogens with zero attached hydrogens (tertiary/aromatic N) is 2. The highest BCUT2D eigenvalue weighted by atomic mass is 32.2. The van der Waals surface area contributed by atoms with Gasteiger partial charge in [0.15, 0.2) is 0 Å². The SMILES string of the molecule is COc1ccccc1N(CC(=O)N(Cc1ccccc1F)C(C)C(=O)NC(C)(C)C)S(=O)(=O)c1ccccc1. The molecule has 0 saturated carbocycles. The summed E-state index contributed by atoms with van der Waals surface area (Å²) in [7, 11) is -2.84. The molecule has 0 aromatic heterocycles. The van der Waals surface area contributed by atoms with Gasteiger partial charge >= 0.3 is 0 Å². The van der Waals surface area contributed by atoms with Crippen molar-refractivity contribution in [2.75, 3.05) is 18.0 Å². The third-order valence-corrected chi connectivity index (χ3v) is 7.70. The van der Waals surface area contributed by atoms with Crippen molar-refractivity contribution in [2.45, 2.75) is 50.7 Å². The Bertz CT molecular complexity index is 1410. The van der Waals surface area contributed by atoms with Gasteiger partial charge in [0.25, 0.3) is 10.0 Å². The zero-order valence-corrected chi connectivity index (χ0v) is 23.5. The number of carbonyl (C=O) groups excluding carboxylic acids is 2. The van der Waals surface area contributed by atoms with Gasteiger partial charge < -0.3 is 15.0 Å². The van der Waals surface area contributed by atoms with Crippen LogP contribution in [0.25, 0.3) is 0 Å². The normalized spacial score (nSPS) is 12.4. The van der Waals surface area contributed by atoms with E-state index in [4.69, 9.17) is 4.74 Å². The molecule has 0 saturated heterocycles. The monoisotopic (exact) mass is 555 g/mol. The lowest BCUT2D eigenvalue weighted by atomic mass is 10.1. The van der Waals surface area contributed by atoms with Gasteiger partial charge in [0.05, 0.1) is 17.7 Å². The van der Waals surface area contributed by atoms with Crippen LogP contribution in [0.3, 0.4) is 0 Å². The zero-order valence-electron chi connectivity index (χ0n) is 22.7. The maximum atomic E-state index is 14.6. The summed E-state index contributed by atoms with van der Waals surface area (Å²) in [6, 6.07) is 19.0. The molecule has 3 aromatic rings. The number of amides is 2. The lowest BCUT2D eigenvalue weighted by Crippen LogP contribution is -2.54. The topological polar surface area (TPSA) is 96.0 Å². The number of para-hydroxylation sites is 2. The van der Waals surface area contributed by atoms with Crippen LogP contribution >= 0.6 is 0 Å². The van der Waals surface area contributed by atoms with E-state index in [1.54, 1.807) is 63.2 Å². The van der Waals surface area contributed by atoms with E-state index in [0.717, 1.165) is 4.31 Å². The number of benzene rings is 3. The van der Waals surface area contributed by atoms with Crippen molar-refractivity contribution >= 4 is 27.5 Å². The van der Waals surface area contributed by atoms with Crippen molar-refractivity contribution in [1.82, 2.24) is 10.2 Å². The maximum Gasteiger partial charge on any atom is 0.264 e. The Morgan fingerprint density at radius 2 is 1.54 bits per heavy atom. The molecule has 10 heteroatoms. The van der Waals surface area contributed by atoms with Crippen LogP contribution in [-0.4, -0.2) is 50.4 Å². The van der Waals surface area contributed by atoms with E-state index in [0.29, 0.717) is 0 Å². The molecule has 0 fully saturated rings. The summed E-state index contributed by atoms with van der Waals surface area (Å²) in [5, 5.41) is 2.84. The summed E-state index contributed by atoms with van der Waals surface area (Å²) >= 11 is 0. The smallest absolute Gasteiger partial charge is 0.264 e. The van der Waals surface area contributed by atoms with Gasteiger partial charge in [-0.1, -0.05) is 48.5 Å². The highest BCUT2D eigenvalue weighted by Crippen LogP contribution is 2.32. The van der Waals surface area contributed by atoms with E-state index in [2.05, 4.69) is 5.32 Å². The molecule has 3 aromatic carbocycles. The summed E-state index contributed by atoms with van der Waals surface area (Å²) in [6.07, 6.45) is 0. The van der Waals surface area contributed by atoms with Gasteiger partial charge in [-0.2, -0.15) is 0 Å².